The summed E-state index contributed by atoms with van der Waals surface area (Å²) in [6.07, 6.45) is 0.0508. The lowest BCUT2D eigenvalue weighted by Crippen LogP contribution is -2.51. The van der Waals surface area contributed by atoms with Crippen molar-refractivity contribution in [1.82, 2.24) is 4.90 Å². The van der Waals surface area contributed by atoms with Crippen molar-refractivity contribution in [3.8, 4) is 6.07 Å². The molecular formula is C13H22N2O3. The highest BCUT2D eigenvalue weighted by Crippen LogP contribution is 2.19. The molecule has 1 atom stereocenters. The molecule has 0 aliphatic carbocycles. The number of nitriles is 1. The van der Waals surface area contributed by atoms with Crippen LogP contribution in [0.3, 0.4) is 0 Å². The first-order chi connectivity index (χ1) is 8.36. The Labute approximate surface area is 109 Å². The van der Waals surface area contributed by atoms with Crippen molar-refractivity contribution in [2.24, 2.45) is 5.41 Å². The molecular weight excluding hydrogens is 232 g/mol. The summed E-state index contributed by atoms with van der Waals surface area (Å²) in [4.78, 5) is 13.8. The minimum Gasteiger partial charge on any atom is -0.376 e. The van der Waals surface area contributed by atoms with Crippen LogP contribution in [-0.2, 0) is 14.3 Å². The molecule has 5 heteroatoms. The Morgan fingerprint density at radius 2 is 2.28 bits per heavy atom. The minimum absolute atomic E-state index is 0.0976. The van der Waals surface area contributed by atoms with Crippen LogP contribution in [0.25, 0.3) is 0 Å². The topological polar surface area (TPSA) is 62.6 Å². The zero-order valence-electron chi connectivity index (χ0n) is 11.6. The summed E-state index contributed by atoms with van der Waals surface area (Å²) in [5.74, 6) is -0.136. The summed E-state index contributed by atoms with van der Waals surface area (Å²) >= 11 is 0. The first-order valence-corrected chi connectivity index (χ1v) is 6.30. The third-order valence-corrected chi connectivity index (χ3v) is 2.86. The molecule has 1 unspecified atom stereocenters. The van der Waals surface area contributed by atoms with Crippen LogP contribution in [-0.4, -0.2) is 49.3 Å². The summed E-state index contributed by atoms with van der Waals surface area (Å²) in [5.41, 5.74) is -0.971. The van der Waals surface area contributed by atoms with E-state index < -0.39 is 5.41 Å². The zero-order chi connectivity index (χ0) is 13.8. The van der Waals surface area contributed by atoms with Gasteiger partial charge in [-0.1, -0.05) is 0 Å². The van der Waals surface area contributed by atoms with Gasteiger partial charge in [-0.05, 0) is 27.7 Å². The molecule has 0 aromatic carbocycles. The van der Waals surface area contributed by atoms with E-state index in [1.165, 1.54) is 0 Å². The summed E-state index contributed by atoms with van der Waals surface area (Å²) in [5, 5.41) is 8.98. The number of hydrogen-bond acceptors (Lipinski definition) is 4. The van der Waals surface area contributed by atoms with Crippen LogP contribution in [0.5, 0.6) is 0 Å². The molecule has 1 fully saturated rings. The van der Waals surface area contributed by atoms with Crippen LogP contribution in [0.4, 0.5) is 0 Å². The van der Waals surface area contributed by atoms with Crippen molar-refractivity contribution in [3.05, 3.63) is 0 Å². The van der Waals surface area contributed by atoms with Gasteiger partial charge in [0.15, 0.2) is 0 Å². The average Bonchev–Trinajstić information content (AvgIpc) is 2.35. The fourth-order valence-electron chi connectivity index (χ4n) is 1.75. The number of carbonyl (C=O) groups is 1. The van der Waals surface area contributed by atoms with E-state index in [1.807, 2.05) is 19.9 Å². The van der Waals surface area contributed by atoms with Gasteiger partial charge in [-0.25, -0.2) is 0 Å². The molecule has 1 aliphatic rings. The van der Waals surface area contributed by atoms with E-state index in [2.05, 4.69) is 0 Å². The van der Waals surface area contributed by atoms with E-state index in [9.17, 15) is 4.79 Å². The number of nitrogens with zero attached hydrogens (tertiary/aromatic N) is 2. The average molecular weight is 254 g/mol. The molecule has 1 rings (SSSR count). The number of morpholine rings is 1. The van der Waals surface area contributed by atoms with Crippen LogP contribution < -0.4 is 0 Å². The maximum atomic E-state index is 12.1. The standard InChI is InChI=1S/C13H22N2O3/c1-10(2)18-8-11-7-15(5-6-17-11)12(16)13(3,4)9-14/h10-11H,5-8H2,1-4H3. The molecule has 5 nitrogen and oxygen atoms in total. The Kier molecular flexibility index (Phi) is 5.12. The van der Waals surface area contributed by atoms with Crippen LogP contribution in [0.1, 0.15) is 27.7 Å². The molecule has 0 aromatic rings. The fraction of sp³-hybridized carbons (Fsp3) is 0.846. The van der Waals surface area contributed by atoms with Gasteiger partial charge in [0.2, 0.25) is 5.91 Å². The normalized spacial score (nSPS) is 20.9. The second kappa shape index (κ2) is 6.17. The van der Waals surface area contributed by atoms with Crippen molar-refractivity contribution in [2.75, 3.05) is 26.3 Å². The summed E-state index contributed by atoms with van der Waals surface area (Å²) in [6, 6.07) is 2.04. The Balaban J connectivity index is 2.54. The zero-order valence-corrected chi connectivity index (χ0v) is 11.6. The van der Waals surface area contributed by atoms with E-state index in [0.717, 1.165) is 0 Å². The molecule has 0 N–H and O–H groups in total. The molecule has 0 saturated carbocycles. The highest BCUT2D eigenvalue weighted by Gasteiger charge is 2.34. The lowest BCUT2D eigenvalue weighted by atomic mass is 9.93. The fourth-order valence-corrected chi connectivity index (χ4v) is 1.75. The Bertz CT molecular complexity index is 334. The number of ether oxygens (including phenoxy) is 2. The van der Waals surface area contributed by atoms with E-state index in [4.69, 9.17) is 14.7 Å². The summed E-state index contributed by atoms with van der Waals surface area (Å²) in [6.45, 7) is 9.23. The molecule has 1 heterocycles. The third kappa shape index (κ3) is 3.97. The van der Waals surface area contributed by atoms with Gasteiger partial charge in [-0.3, -0.25) is 4.79 Å². The summed E-state index contributed by atoms with van der Waals surface area (Å²) < 4.78 is 11.0. The lowest BCUT2D eigenvalue weighted by molar-refractivity contribution is -0.148. The van der Waals surface area contributed by atoms with E-state index >= 15 is 0 Å². The monoisotopic (exact) mass is 254 g/mol. The van der Waals surface area contributed by atoms with Gasteiger partial charge in [-0.2, -0.15) is 5.26 Å². The molecule has 1 amide bonds. The molecule has 18 heavy (non-hydrogen) atoms. The number of hydrogen-bond donors (Lipinski definition) is 0. The predicted octanol–water partition coefficient (Wildman–Crippen LogP) is 1.19. The maximum absolute atomic E-state index is 12.1. The molecule has 0 radical (unpaired) electrons. The van der Waals surface area contributed by atoms with E-state index in [-0.39, 0.29) is 18.1 Å². The number of amides is 1. The Morgan fingerprint density at radius 3 is 2.83 bits per heavy atom. The SMILES string of the molecule is CC(C)OCC1CN(C(=O)C(C)(C)C#N)CCO1. The highest BCUT2D eigenvalue weighted by molar-refractivity contribution is 5.84. The first-order valence-electron chi connectivity index (χ1n) is 6.30. The van der Waals surface area contributed by atoms with Gasteiger partial charge < -0.3 is 14.4 Å². The smallest absolute Gasteiger partial charge is 0.242 e. The second-order valence-corrected chi connectivity index (χ2v) is 5.36. The quantitative estimate of drug-likeness (QED) is 0.756. The highest BCUT2D eigenvalue weighted by atomic mass is 16.5. The van der Waals surface area contributed by atoms with Gasteiger partial charge in [0.25, 0.3) is 0 Å². The lowest BCUT2D eigenvalue weighted by Gasteiger charge is -2.35. The van der Waals surface area contributed by atoms with Crippen molar-refractivity contribution in [3.63, 3.8) is 0 Å². The van der Waals surface area contributed by atoms with Gasteiger partial charge >= 0.3 is 0 Å². The van der Waals surface area contributed by atoms with E-state index in [1.54, 1.807) is 18.7 Å². The Hall–Kier alpha value is -1.12. The van der Waals surface area contributed by atoms with Crippen molar-refractivity contribution >= 4 is 5.91 Å². The molecule has 0 bridgehead atoms. The molecule has 1 saturated heterocycles. The van der Waals surface area contributed by atoms with Crippen LogP contribution >= 0.6 is 0 Å². The molecule has 102 valence electrons. The minimum atomic E-state index is -0.971. The van der Waals surface area contributed by atoms with Crippen molar-refractivity contribution in [2.45, 2.75) is 39.9 Å². The largest absolute Gasteiger partial charge is 0.376 e. The molecule has 0 aromatic heterocycles. The van der Waals surface area contributed by atoms with Crippen molar-refractivity contribution < 1.29 is 14.3 Å². The summed E-state index contributed by atoms with van der Waals surface area (Å²) in [7, 11) is 0. The Morgan fingerprint density at radius 1 is 1.61 bits per heavy atom. The van der Waals surface area contributed by atoms with Crippen molar-refractivity contribution in [1.29, 1.82) is 5.26 Å². The second-order valence-electron chi connectivity index (χ2n) is 5.36. The van der Waals surface area contributed by atoms with Gasteiger partial charge in [0, 0.05) is 13.1 Å². The van der Waals surface area contributed by atoms with Crippen LogP contribution in [0, 0.1) is 16.7 Å². The maximum Gasteiger partial charge on any atom is 0.242 e. The molecule has 0 spiro atoms. The predicted molar refractivity (Wildman–Crippen MR) is 66.8 cm³/mol. The van der Waals surface area contributed by atoms with Gasteiger partial charge in [-0.15, -0.1) is 0 Å². The van der Waals surface area contributed by atoms with Gasteiger partial charge in [0.1, 0.15) is 5.41 Å². The third-order valence-electron chi connectivity index (χ3n) is 2.86. The van der Waals surface area contributed by atoms with E-state index in [0.29, 0.717) is 26.3 Å². The van der Waals surface area contributed by atoms with Gasteiger partial charge in [0.05, 0.1) is 31.5 Å². The first kappa shape index (κ1) is 14.9. The van der Waals surface area contributed by atoms with Crippen LogP contribution in [0.2, 0.25) is 0 Å². The molecule has 1 aliphatic heterocycles. The number of carbonyl (C=O) groups excluding carboxylic acids is 1. The number of rotatable bonds is 4. The van der Waals surface area contributed by atoms with Crippen LogP contribution in [0.15, 0.2) is 0 Å².